The van der Waals surface area contributed by atoms with Crippen molar-refractivity contribution in [2.45, 2.75) is 44.2 Å². The number of benzene rings is 3. The monoisotopic (exact) mass is 488 g/mol. The highest BCUT2D eigenvalue weighted by atomic mass is 16.5. The van der Waals surface area contributed by atoms with Crippen molar-refractivity contribution in [2.75, 3.05) is 13.1 Å². The van der Waals surface area contributed by atoms with Gasteiger partial charge in [-0.2, -0.15) is 0 Å². The molecule has 0 saturated carbocycles. The number of rotatable bonds is 5. The molecule has 0 amide bonds. The van der Waals surface area contributed by atoms with Crippen LogP contribution in [0.25, 0.3) is 22.0 Å². The summed E-state index contributed by atoms with van der Waals surface area (Å²) in [6.45, 7) is 4.49. The number of ether oxygens (including phenoxy) is 1. The minimum atomic E-state index is -0.401. The van der Waals surface area contributed by atoms with Crippen molar-refractivity contribution in [1.29, 1.82) is 0 Å². The van der Waals surface area contributed by atoms with Gasteiger partial charge in [-0.3, -0.25) is 14.7 Å². The van der Waals surface area contributed by atoms with E-state index in [2.05, 4.69) is 59.3 Å². The molecule has 1 aliphatic carbocycles. The smallest absolute Gasteiger partial charge is 0.318 e. The summed E-state index contributed by atoms with van der Waals surface area (Å²) < 4.78 is 6.69. The molecule has 5 atom stereocenters. The zero-order valence-electron chi connectivity index (χ0n) is 21.2. The van der Waals surface area contributed by atoms with Gasteiger partial charge in [-0.05, 0) is 65.6 Å². The summed E-state index contributed by atoms with van der Waals surface area (Å²) in [5.41, 5.74) is 6.38. The lowest BCUT2D eigenvalue weighted by Gasteiger charge is -2.51. The number of pyridine rings is 1. The van der Waals surface area contributed by atoms with Gasteiger partial charge in [0.25, 0.3) is 0 Å². The van der Waals surface area contributed by atoms with Crippen LogP contribution in [0.2, 0.25) is 0 Å². The fraction of sp³-hybridized carbons (Fsp3) is 0.333. The number of carbonyl (C=O) groups is 1. The van der Waals surface area contributed by atoms with Crippen molar-refractivity contribution < 1.29 is 9.53 Å². The maximum absolute atomic E-state index is 14.2. The Balaban J connectivity index is 1.30. The normalized spacial score (nSPS) is 25.0. The molecule has 4 heteroatoms. The first kappa shape index (κ1) is 22.7. The Labute approximate surface area is 218 Å². The number of hydrogen-bond donors (Lipinski definition) is 0. The van der Waals surface area contributed by atoms with E-state index in [-0.39, 0.29) is 18.1 Å². The molecule has 0 radical (unpaired) electrons. The second kappa shape index (κ2) is 9.11. The molecule has 8 rings (SSSR count). The highest BCUT2D eigenvalue weighted by Crippen LogP contribution is 2.48. The summed E-state index contributed by atoms with van der Waals surface area (Å²) >= 11 is 0. The SMILES string of the molecule is CC[C@H]1CN2CC[C@H]1C[C@@H]2[C@@H](OC(=O)C1c2ccccc2-c2ccccc21)c1ccnc2ccccc12. The van der Waals surface area contributed by atoms with Gasteiger partial charge in [0.05, 0.1) is 11.6 Å². The molecule has 1 unspecified atom stereocenters. The van der Waals surface area contributed by atoms with Crippen molar-refractivity contribution in [1.82, 2.24) is 9.88 Å². The summed E-state index contributed by atoms with van der Waals surface area (Å²) in [5.74, 6) is 0.881. The molecule has 3 saturated heterocycles. The molecule has 2 bridgehead atoms. The fourth-order valence-electron chi connectivity index (χ4n) is 7.28. The van der Waals surface area contributed by atoms with Gasteiger partial charge in [0.1, 0.15) is 12.0 Å². The average Bonchev–Trinajstić information content (AvgIpc) is 3.30. The summed E-state index contributed by atoms with van der Waals surface area (Å²) in [7, 11) is 0. The Morgan fingerprint density at radius 1 is 0.973 bits per heavy atom. The maximum atomic E-state index is 14.2. The number of para-hydroxylation sites is 1. The lowest BCUT2D eigenvalue weighted by molar-refractivity contribution is -0.158. The Morgan fingerprint density at radius 2 is 1.68 bits per heavy atom. The first-order valence-electron chi connectivity index (χ1n) is 13.7. The van der Waals surface area contributed by atoms with Crippen LogP contribution in [0.5, 0.6) is 0 Å². The Hall–Kier alpha value is -3.50. The van der Waals surface area contributed by atoms with Crippen molar-refractivity contribution in [3.05, 3.63) is 102 Å². The molecule has 186 valence electrons. The lowest BCUT2D eigenvalue weighted by Crippen LogP contribution is -2.55. The van der Waals surface area contributed by atoms with Crippen LogP contribution in [-0.4, -0.2) is 35.0 Å². The highest BCUT2D eigenvalue weighted by Gasteiger charge is 2.45. The van der Waals surface area contributed by atoms with Crippen LogP contribution < -0.4 is 0 Å². The molecule has 1 aromatic heterocycles. The fourth-order valence-corrected chi connectivity index (χ4v) is 7.28. The number of carbonyl (C=O) groups excluding carboxylic acids is 1. The van der Waals surface area contributed by atoms with Crippen molar-refractivity contribution in [2.24, 2.45) is 11.8 Å². The van der Waals surface area contributed by atoms with Crippen LogP contribution in [0.15, 0.2) is 85.1 Å². The van der Waals surface area contributed by atoms with E-state index < -0.39 is 5.92 Å². The van der Waals surface area contributed by atoms with Gasteiger partial charge in [-0.25, -0.2) is 0 Å². The van der Waals surface area contributed by atoms with Crippen LogP contribution in [0.1, 0.15) is 54.9 Å². The zero-order chi connectivity index (χ0) is 24.9. The molecular formula is C33H32N2O2. The topological polar surface area (TPSA) is 42.4 Å². The average molecular weight is 489 g/mol. The van der Waals surface area contributed by atoms with E-state index in [9.17, 15) is 4.79 Å². The van der Waals surface area contributed by atoms with Gasteiger partial charge >= 0.3 is 5.97 Å². The van der Waals surface area contributed by atoms with Gasteiger partial charge in [-0.1, -0.05) is 80.1 Å². The Kier molecular flexibility index (Phi) is 5.58. The Morgan fingerprint density at radius 3 is 2.38 bits per heavy atom. The van der Waals surface area contributed by atoms with E-state index in [1.54, 1.807) is 0 Å². The molecule has 0 N–H and O–H groups in total. The number of hydrogen-bond acceptors (Lipinski definition) is 4. The standard InChI is InChI=1S/C33H32N2O2/c1-2-21-20-35-18-16-22(21)19-30(35)32(28-15-17-34-29-14-8-7-11-25(28)29)37-33(36)31-26-12-5-3-9-23(26)24-10-4-6-13-27(24)31/h3-15,17,21-22,30-32H,2,16,18-20H2,1H3/t21-,22-,30+,32-/m0/s1. The third kappa shape index (κ3) is 3.69. The number of esters is 1. The predicted molar refractivity (Wildman–Crippen MR) is 146 cm³/mol. The quantitative estimate of drug-likeness (QED) is 0.291. The summed E-state index contributed by atoms with van der Waals surface area (Å²) in [4.78, 5) is 21.4. The van der Waals surface area contributed by atoms with Crippen LogP contribution >= 0.6 is 0 Å². The second-order valence-electron chi connectivity index (χ2n) is 10.9. The van der Waals surface area contributed by atoms with Gasteiger partial charge < -0.3 is 4.74 Å². The van der Waals surface area contributed by atoms with Gasteiger partial charge in [0, 0.05) is 23.7 Å². The highest BCUT2D eigenvalue weighted by molar-refractivity contribution is 5.94. The number of piperidine rings is 3. The minimum absolute atomic E-state index is 0.155. The van der Waals surface area contributed by atoms with Gasteiger partial charge in [0.15, 0.2) is 0 Å². The third-order valence-electron chi connectivity index (χ3n) is 9.11. The van der Waals surface area contributed by atoms with Crippen molar-refractivity contribution in [3.8, 4) is 11.1 Å². The van der Waals surface area contributed by atoms with Crippen molar-refractivity contribution >= 4 is 16.9 Å². The lowest BCUT2D eigenvalue weighted by atomic mass is 9.72. The van der Waals surface area contributed by atoms with Crippen LogP contribution in [0, 0.1) is 11.8 Å². The molecular weight excluding hydrogens is 456 g/mol. The van der Waals surface area contributed by atoms with Gasteiger partial charge in [-0.15, -0.1) is 0 Å². The van der Waals surface area contributed by atoms with Crippen molar-refractivity contribution in [3.63, 3.8) is 0 Å². The van der Waals surface area contributed by atoms with Crippen LogP contribution in [0.4, 0.5) is 0 Å². The zero-order valence-corrected chi connectivity index (χ0v) is 21.2. The summed E-state index contributed by atoms with van der Waals surface area (Å²) in [6.07, 6.45) is 5.07. The molecule has 4 aromatic rings. The number of aromatic nitrogens is 1. The van der Waals surface area contributed by atoms with E-state index in [1.807, 2.05) is 42.6 Å². The molecule has 3 fully saturated rings. The van der Waals surface area contributed by atoms with E-state index in [4.69, 9.17) is 4.74 Å². The van der Waals surface area contributed by atoms with Gasteiger partial charge in [0.2, 0.25) is 0 Å². The number of fused-ring (bicyclic) bond motifs is 7. The molecule has 4 heterocycles. The summed E-state index contributed by atoms with van der Waals surface area (Å²) in [6, 6.07) is 27.0. The summed E-state index contributed by atoms with van der Waals surface area (Å²) in [5, 5.41) is 1.07. The molecule has 4 aliphatic rings. The van der Waals surface area contributed by atoms with E-state index in [0.717, 1.165) is 64.1 Å². The van der Waals surface area contributed by atoms with E-state index >= 15 is 0 Å². The first-order valence-corrected chi connectivity index (χ1v) is 13.7. The van der Waals surface area contributed by atoms with E-state index in [0.29, 0.717) is 5.92 Å². The largest absolute Gasteiger partial charge is 0.455 e. The molecule has 0 spiro atoms. The second-order valence-corrected chi connectivity index (χ2v) is 10.9. The number of nitrogens with zero attached hydrogens (tertiary/aromatic N) is 2. The molecule has 3 aromatic carbocycles. The third-order valence-corrected chi connectivity index (χ3v) is 9.11. The van der Waals surface area contributed by atoms with Crippen LogP contribution in [0.3, 0.4) is 0 Å². The molecule has 3 aliphatic heterocycles. The minimum Gasteiger partial charge on any atom is -0.455 e. The predicted octanol–water partition coefficient (Wildman–Crippen LogP) is 6.75. The molecule has 4 nitrogen and oxygen atoms in total. The van der Waals surface area contributed by atoms with Crippen LogP contribution in [-0.2, 0) is 9.53 Å². The first-order chi connectivity index (χ1) is 18.2. The Bertz CT molecular complexity index is 1430. The van der Waals surface area contributed by atoms with E-state index in [1.165, 1.54) is 12.8 Å². The maximum Gasteiger partial charge on any atom is 0.318 e. The molecule has 37 heavy (non-hydrogen) atoms.